The highest BCUT2D eigenvalue weighted by atomic mass is 16.4. The molecule has 4 rings (SSSR count). The lowest BCUT2D eigenvalue weighted by Crippen LogP contribution is -2.52. The average Bonchev–Trinajstić information content (AvgIpc) is 3.32. The summed E-state index contributed by atoms with van der Waals surface area (Å²) in [6.07, 6.45) is 4.28. The summed E-state index contributed by atoms with van der Waals surface area (Å²) in [7, 11) is 0. The largest absolute Gasteiger partial charge is 0.481 e. The van der Waals surface area contributed by atoms with E-state index in [1.54, 1.807) is 0 Å². The number of likely N-dealkylation sites (tertiary alicyclic amines) is 1. The molecular formula is C20H26N2O3. The maximum atomic E-state index is 13.2. The monoisotopic (exact) mass is 342 g/mol. The van der Waals surface area contributed by atoms with E-state index in [2.05, 4.69) is 13.8 Å². The molecular weight excluding hydrogens is 316 g/mol. The van der Waals surface area contributed by atoms with Gasteiger partial charge in [-0.1, -0.05) is 18.2 Å². The van der Waals surface area contributed by atoms with Crippen molar-refractivity contribution >= 4 is 17.7 Å². The Balaban J connectivity index is 1.68. The Kier molecular flexibility index (Phi) is 3.60. The van der Waals surface area contributed by atoms with Gasteiger partial charge in [0.1, 0.15) is 0 Å². The van der Waals surface area contributed by atoms with Crippen molar-refractivity contribution in [1.82, 2.24) is 4.90 Å². The molecule has 0 radical (unpaired) electrons. The van der Waals surface area contributed by atoms with E-state index in [-0.39, 0.29) is 17.5 Å². The van der Waals surface area contributed by atoms with Gasteiger partial charge in [0.15, 0.2) is 0 Å². The Hall–Kier alpha value is -2.04. The van der Waals surface area contributed by atoms with Gasteiger partial charge in [0.05, 0.1) is 5.41 Å². The number of carbonyl (C=O) groups excluding carboxylic acids is 1. The number of fused-ring (bicyclic) bond motifs is 1. The van der Waals surface area contributed by atoms with Crippen molar-refractivity contribution in [2.75, 3.05) is 18.0 Å². The van der Waals surface area contributed by atoms with Crippen molar-refractivity contribution < 1.29 is 14.7 Å². The molecule has 0 aromatic heterocycles. The molecule has 1 saturated carbocycles. The minimum Gasteiger partial charge on any atom is -0.481 e. The summed E-state index contributed by atoms with van der Waals surface area (Å²) in [4.78, 5) is 28.9. The molecule has 1 aromatic rings. The number of anilines is 1. The van der Waals surface area contributed by atoms with Crippen LogP contribution in [0.25, 0.3) is 0 Å². The van der Waals surface area contributed by atoms with Gasteiger partial charge in [-0.25, -0.2) is 4.79 Å². The Bertz CT molecular complexity index is 723. The third-order valence-corrected chi connectivity index (χ3v) is 6.49. The van der Waals surface area contributed by atoms with Gasteiger partial charge in [-0.3, -0.25) is 9.69 Å². The summed E-state index contributed by atoms with van der Waals surface area (Å²) in [6.45, 7) is 5.65. The average molecular weight is 342 g/mol. The molecule has 2 aliphatic heterocycles. The molecule has 2 fully saturated rings. The van der Waals surface area contributed by atoms with E-state index in [0.29, 0.717) is 6.54 Å². The normalized spacial score (nSPS) is 26.2. The van der Waals surface area contributed by atoms with Crippen LogP contribution in [0.4, 0.5) is 10.5 Å². The number of benzene rings is 1. The quantitative estimate of drug-likeness (QED) is 0.888. The van der Waals surface area contributed by atoms with Crippen molar-refractivity contribution in [2.24, 2.45) is 5.41 Å². The predicted molar refractivity (Wildman–Crippen MR) is 95.9 cm³/mol. The van der Waals surface area contributed by atoms with E-state index in [9.17, 15) is 14.7 Å². The molecule has 25 heavy (non-hydrogen) atoms. The number of carbonyl (C=O) groups is 2. The fraction of sp³-hybridized carbons (Fsp3) is 0.600. The van der Waals surface area contributed by atoms with Gasteiger partial charge in [0.25, 0.3) is 0 Å². The second kappa shape index (κ2) is 5.48. The van der Waals surface area contributed by atoms with Crippen LogP contribution in [0.15, 0.2) is 24.3 Å². The number of aliphatic carboxylic acids is 1. The van der Waals surface area contributed by atoms with Crippen LogP contribution in [0.2, 0.25) is 0 Å². The number of urea groups is 1. The first-order valence-electron chi connectivity index (χ1n) is 9.28. The lowest BCUT2D eigenvalue weighted by Gasteiger charge is -2.41. The Labute approximate surface area is 148 Å². The summed E-state index contributed by atoms with van der Waals surface area (Å²) in [5.41, 5.74) is 1.21. The first-order valence-corrected chi connectivity index (χ1v) is 9.28. The number of para-hydroxylation sites is 1. The van der Waals surface area contributed by atoms with E-state index in [1.807, 2.05) is 34.1 Å². The van der Waals surface area contributed by atoms with Gasteiger partial charge < -0.3 is 10.0 Å². The number of hydrogen-bond donors (Lipinski definition) is 1. The SMILES string of the molecule is CC1(C)CCCN1C(=O)N1CCC(C2(C(=O)O)CC2)c2ccccc21. The molecule has 3 aliphatic rings. The molecule has 0 spiro atoms. The van der Waals surface area contributed by atoms with Gasteiger partial charge in [-0.15, -0.1) is 0 Å². The lowest BCUT2D eigenvalue weighted by atomic mass is 9.78. The van der Waals surface area contributed by atoms with Crippen LogP contribution in [0.5, 0.6) is 0 Å². The van der Waals surface area contributed by atoms with Gasteiger partial charge in [-0.2, -0.15) is 0 Å². The number of nitrogens with zero attached hydrogens (tertiary/aromatic N) is 2. The number of carboxylic acids is 1. The third-order valence-electron chi connectivity index (χ3n) is 6.49. The Morgan fingerprint density at radius 2 is 1.84 bits per heavy atom. The van der Waals surface area contributed by atoms with Crippen LogP contribution in [0, 0.1) is 5.41 Å². The van der Waals surface area contributed by atoms with Crippen LogP contribution in [0.1, 0.15) is 57.4 Å². The smallest absolute Gasteiger partial charge is 0.324 e. The predicted octanol–water partition coefficient (Wildman–Crippen LogP) is 3.84. The standard InChI is InChI=1S/C20H26N2O3/c1-19(2)9-5-12-22(19)18(25)21-13-8-15(20(10-11-20)17(23)24)14-6-3-4-7-16(14)21/h3-4,6-7,15H,5,8-13H2,1-2H3,(H,23,24). The molecule has 1 atom stereocenters. The minimum atomic E-state index is -0.687. The zero-order chi connectivity index (χ0) is 17.8. The second-order valence-corrected chi connectivity index (χ2v) is 8.36. The highest BCUT2D eigenvalue weighted by Crippen LogP contribution is 2.60. The zero-order valence-electron chi connectivity index (χ0n) is 15.0. The van der Waals surface area contributed by atoms with Gasteiger partial charge in [-0.05, 0) is 57.6 Å². The van der Waals surface area contributed by atoms with Crippen LogP contribution >= 0.6 is 0 Å². The Morgan fingerprint density at radius 1 is 1.12 bits per heavy atom. The van der Waals surface area contributed by atoms with Crippen molar-refractivity contribution in [3.05, 3.63) is 29.8 Å². The number of amides is 2. The number of carboxylic acid groups (broad SMARTS) is 1. The molecule has 134 valence electrons. The maximum Gasteiger partial charge on any atom is 0.324 e. The summed E-state index contributed by atoms with van der Waals surface area (Å²) < 4.78 is 0. The van der Waals surface area contributed by atoms with Crippen molar-refractivity contribution in [1.29, 1.82) is 0 Å². The van der Waals surface area contributed by atoms with Crippen LogP contribution in [0.3, 0.4) is 0 Å². The molecule has 1 unspecified atom stereocenters. The molecule has 0 bridgehead atoms. The minimum absolute atomic E-state index is 0.0110. The summed E-state index contributed by atoms with van der Waals surface area (Å²) >= 11 is 0. The second-order valence-electron chi connectivity index (χ2n) is 8.36. The number of rotatable bonds is 2. The van der Waals surface area contributed by atoms with E-state index in [0.717, 1.165) is 49.9 Å². The fourth-order valence-electron chi connectivity index (χ4n) is 4.79. The maximum absolute atomic E-state index is 13.2. The first kappa shape index (κ1) is 16.4. The first-order chi connectivity index (χ1) is 11.9. The van der Waals surface area contributed by atoms with Crippen LogP contribution in [-0.4, -0.2) is 40.6 Å². The molecule has 2 amide bonds. The summed E-state index contributed by atoms with van der Waals surface area (Å²) in [6, 6.07) is 7.94. The van der Waals surface area contributed by atoms with E-state index in [4.69, 9.17) is 0 Å². The van der Waals surface area contributed by atoms with Crippen molar-refractivity contribution in [3.63, 3.8) is 0 Å². The highest BCUT2D eigenvalue weighted by Gasteiger charge is 2.57. The van der Waals surface area contributed by atoms with E-state index < -0.39 is 11.4 Å². The topological polar surface area (TPSA) is 60.9 Å². The molecule has 1 aliphatic carbocycles. The molecule has 2 heterocycles. The molecule has 1 N–H and O–H groups in total. The third kappa shape index (κ3) is 2.43. The zero-order valence-corrected chi connectivity index (χ0v) is 15.0. The van der Waals surface area contributed by atoms with Crippen LogP contribution < -0.4 is 4.90 Å². The number of hydrogen-bond acceptors (Lipinski definition) is 2. The van der Waals surface area contributed by atoms with Gasteiger partial charge in [0, 0.05) is 30.2 Å². The lowest BCUT2D eigenvalue weighted by molar-refractivity contribution is -0.144. The molecule has 5 nitrogen and oxygen atoms in total. The van der Waals surface area contributed by atoms with E-state index >= 15 is 0 Å². The molecule has 1 saturated heterocycles. The van der Waals surface area contributed by atoms with Gasteiger partial charge in [0.2, 0.25) is 0 Å². The molecule has 5 heteroatoms. The summed E-state index contributed by atoms with van der Waals surface area (Å²) in [5.74, 6) is -0.676. The van der Waals surface area contributed by atoms with Gasteiger partial charge >= 0.3 is 12.0 Å². The van der Waals surface area contributed by atoms with Crippen LogP contribution in [-0.2, 0) is 4.79 Å². The molecule has 1 aromatic carbocycles. The Morgan fingerprint density at radius 3 is 2.44 bits per heavy atom. The fourth-order valence-corrected chi connectivity index (χ4v) is 4.79. The highest BCUT2D eigenvalue weighted by molar-refractivity contribution is 5.94. The van der Waals surface area contributed by atoms with E-state index in [1.165, 1.54) is 0 Å². The van der Waals surface area contributed by atoms with Crippen molar-refractivity contribution in [3.8, 4) is 0 Å². The van der Waals surface area contributed by atoms with Crippen molar-refractivity contribution in [2.45, 2.75) is 57.4 Å². The summed E-state index contributed by atoms with van der Waals surface area (Å²) in [5, 5.41) is 9.71.